The molecule has 0 bridgehead atoms. The van der Waals surface area contributed by atoms with Gasteiger partial charge in [0, 0.05) is 54.7 Å². The van der Waals surface area contributed by atoms with Gasteiger partial charge in [-0.2, -0.15) is 0 Å². The van der Waals surface area contributed by atoms with Crippen molar-refractivity contribution in [2.45, 2.75) is 51.6 Å². The summed E-state index contributed by atoms with van der Waals surface area (Å²) >= 11 is 0. The van der Waals surface area contributed by atoms with Gasteiger partial charge in [0.25, 0.3) is 0 Å². The first-order valence-electron chi connectivity index (χ1n) is 9.88. The number of aromatic nitrogens is 1. The molecule has 2 heterocycles. The summed E-state index contributed by atoms with van der Waals surface area (Å²) in [5.74, 6) is 0.475. The van der Waals surface area contributed by atoms with E-state index in [9.17, 15) is 4.79 Å². The maximum absolute atomic E-state index is 12.5. The van der Waals surface area contributed by atoms with Crippen molar-refractivity contribution >= 4 is 16.9 Å². The molecule has 0 spiro atoms. The Balaban J connectivity index is 1.64. The summed E-state index contributed by atoms with van der Waals surface area (Å²) in [7, 11) is 2.21. The zero-order valence-corrected chi connectivity index (χ0v) is 16.3. The maximum Gasteiger partial charge on any atom is 0.317 e. The predicted octanol–water partition coefficient (Wildman–Crippen LogP) is 3.24. The average Bonchev–Trinajstić information content (AvgIpc) is 3.02. The summed E-state index contributed by atoms with van der Waals surface area (Å²) in [4.78, 5) is 20.3. The molecule has 4 rings (SSSR count). The van der Waals surface area contributed by atoms with Gasteiger partial charge in [0.1, 0.15) is 0 Å². The summed E-state index contributed by atoms with van der Waals surface area (Å²) in [6.07, 6.45) is 4.30. The zero-order chi connectivity index (χ0) is 18.4. The topological polar surface area (TPSA) is 51.4 Å². The third-order valence-corrected chi connectivity index (χ3v) is 6.44. The van der Waals surface area contributed by atoms with Crippen LogP contribution in [0.25, 0.3) is 10.9 Å². The zero-order valence-electron chi connectivity index (χ0n) is 16.3. The van der Waals surface area contributed by atoms with Crippen LogP contribution >= 0.6 is 0 Å². The lowest BCUT2D eigenvalue weighted by atomic mass is 9.72. The highest BCUT2D eigenvalue weighted by atomic mass is 16.2. The van der Waals surface area contributed by atoms with Gasteiger partial charge in [-0.15, -0.1) is 0 Å². The molecule has 2 aliphatic rings. The van der Waals surface area contributed by atoms with Crippen LogP contribution in [0.3, 0.4) is 0 Å². The van der Waals surface area contributed by atoms with E-state index in [1.807, 2.05) is 18.7 Å². The molecule has 3 atom stereocenters. The monoisotopic (exact) mass is 354 g/mol. The van der Waals surface area contributed by atoms with Crippen molar-refractivity contribution < 1.29 is 4.79 Å². The minimum Gasteiger partial charge on any atom is -0.361 e. The van der Waals surface area contributed by atoms with Crippen LogP contribution in [0.4, 0.5) is 4.79 Å². The van der Waals surface area contributed by atoms with Crippen LogP contribution in [0.15, 0.2) is 18.3 Å². The number of carbonyl (C=O) groups excluding carboxylic acids is 1. The SMILES string of the molecule is CCN(CC)C(=O)N[C@H]1CC2c3c(C)ccc4[nH]cc(c34)C[C@H]2N(C)C1. The van der Waals surface area contributed by atoms with E-state index < -0.39 is 0 Å². The van der Waals surface area contributed by atoms with Crippen LogP contribution in [-0.4, -0.2) is 59.6 Å². The van der Waals surface area contributed by atoms with E-state index in [-0.39, 0.29) is 12.1 Å². The number of nitrogens with one attached hydrogen (secondary N) is 2. The van der Waals surface area contributed by atoms with Gasteiger partial charge in [-0.3, -0.25) is 0 Å². The van der Waals surface area contributed by atoms with Crippen LogP contribution in [0.2, 0.25) is 0 Å². The summed E-state index contributed by atoms with van der Waals surface area (Å²) in [6.45, 7) is 8.72. The lowest BCUT2D eigenvalue weighted by Crippen LogP contribution is -2.56. The number of aryl methyl sites for hydroxylation is 1. The predicted molar refractivity (Wildman–Crippen MR) is 106 cm³/mol. The molecule has 0 saturated carbocycles. The number of nitrogens with zero attached hydrogens (tertiary/aromatic N) is 2. The first-order chi connectivity index (χ1) is 12.5. The molecule has 1 aliphatic carbocycles. The van der Waals surface area contributed by atoms with Crippen molar-refractivity contribution in [1.29, 1.82) is 0 Å². The molecular formula is C21H30N4O. The van der Waals surface area contributed by atoms with E-state index in [2.05, 4.69) is 47.5 Å². The highest BCUT2D eigenvalue weighted by Crippen LogP contribution is 2.44. The highest BCUT2D eigenvalue weighted by molar-refractivity contribution is 5.89. The Morgan fingerprint density at radius 3 is 2.85 bits per heavy atom. The van der Waals surface area contributed by atoms with Gasteiger partial charge in [0.15, 0.2) is 0 Å². The minimum absolute atomic E-state index is 0.0694. The second kappa shape index (κ2) is 6.62. The quantitative estimate of drug-likeness (QED) is 0.889. The Morgan fingerprint density at radius 2 is 2.12 bits per heavy atom. The number of likely N-dealkylation sites (tertiary alicyclic amines) is 1. The van der Waals surface area contributed by atoms with Gasteiger partial charge in [0.05, 0.1) is 0 Å². The number of rotatable bonds is 3. The third-order valence-electron chi connectivity index (χ3n) is 6.44. The molecule has 1 saturated heterocycles. The number of H-pyrrole nitrogens is 1. The first-order valence-corrected chi connectivity index (χ1v) is 9.88. The lowest BCUT2D eigenvalue weighted by molar-refractivity contribution is 0.124. The fraction of sp³-hybridized carbons (Fsp3) is 0.571. The Hall–Kier alpha value is -2.01. The molecule has 2 aromatic rings. The van der Waals surface area contributed by atoms with Crippen LogP contribution in [0.1, 0.15) is 42.9 Å². The maximum atomic E-state index is 12.5. The highest BCUT2D eigenvalue weighted by Gasteiger charge is 2.40. The second-order valence-corrected chi connectivity index (χ2v) is 7.90. The van der Waals surface area contributed by atoms with Gasteiger partial charge in [-0.05, 0) is 63.4 Å². The Labute approximate surface area is 155 Å². The van der Waals surface area contributed by atoms with Gasteiger partial charge in [0.2, 0.25) is 0 Å². The molecule has 26 heavy (non-hydrogen) atoms. The standard InChI is InChI=1S/C21H30N4O/c1-5-25(6-2)21(26)23-15-10-16-18(24(4)12-15)9-14-11-22-17-8-7-13(3)19(16)20(14)17/h7-8,11,15-16,18,22H,5-6,9-10,12H2,1-4H3,(H,23,26)/t15-,16?,18+/m0/s1. The molecule has 140 valence electrons. The number of hydrogen-bond donors (Lipinski definition) is 2. The number of likely N-dealkylation sites (N-methyl/N-ethyl adjacent to an activating group) is 1. The van der Waals surface area contributed by atoms with Gasteiger partial charge in [-0.25, -0.2) is 4.79 Å². The summed E-state index contributed by atoms with van der Waals surface area (Å²) in [5.41, 5.74) is 5.55. The molecular weight excluding hydrogens is 324 g/mol. The fourth-order valence-electron chi connectivity index (χ4n) is 5.11. The van der Waals surface area contributed by atoms with Crippen molar-refractivity contribution in [3.05, 3.63) is 35.0 Å². The molecule has 1 aliphatic heterocycles. The third kappa shape index (κ3) is 2.69. The summed E-state index contributed by atoms with van der Waals surface area (Å²) in [6, 6.07) is 5.22. The van der Waals surface area contributed by atoms with Crippen molar-refractivity contribution in [2.75, 3.05) is 26.7 Å². The van der Waals surface area contributed by atoms with Crippen LogP contribution in [0, 0.1) is 6.92 Å². The number of fused-ring (bicyclic) bond motifs is 2. The molecule has 1 unspecified atom stereocenters. The van der Waals surface area contributed by atoms with Crippen LogP contribution in [0.5, 0.6) is 0 Å². The molecule has 5 heteroatoms. The molecule has 5 nitrogen and oxygen atoms in total. The van der Waals surface area contributed by atoms with Crippen molar-refractivity contribution in [2.24, 2.45) is 0 Å². The van der Waals surface area contributed by atoms with Crippen molar-refractivity contribution in [3.8, 4) is 0 Å². The number of hydrogen-bond acceptors (Lipinski definition) is 2. The summed E-state index contributed by atoms with van der Waals surface area (Å²) in [5, 5.41) is 4.72. The van der Waals surface area contributed by atoms with Crippen LogP contribution < -0.4 is 5.32 Å². The van der Waals surface area contributed by atoms with Gasteiger partial charge in [-0.1, -0.05) is 6.07 Å². The average molecular weight is 354 g/mol. The molecule has 2 amide bonds. The molecule has 1 fully saturated rings. The Bertz CT molecular complexity index is 823. The number of aromatic amines is 1. The lowest BCUT2D eigenvalue weighted by Gasteiger charge is -2.46. The van der Waals surface area contributed by atoms with E-state index in [4.69, 9.17) is 0 Å². The number of carbonyl (C=O) groups is 1. The molecule has 1 aromatic heterocycles. The van der Waals surface area contributed by atoms with E-state index in [0.717, 1.165) is 32.5 Å². The molecule has 2 N–H and O–H groups in total. The van der Waals surface area contributed by atoms with E-state index in [1.165, 1.54) is 27.6 Å². The molecule has 1 aromatic carbocycles. The van der Waals surface area contributed by atoms with Crippen molar-refractivity contribution in [3.63, 3.8) is 0 Å². The number of urea groups is 1. The normalized spacial score (nSPS) is 25.2. The number of piperidine rings is 1. The minimum atomic E-state index is 0.0694. The smallest absolute Gasteiger partial charge is 0.317 e. The van der Waals surface area contributed by atoms with E-state index >= 15 is 0 Å². The Morgan fingerprint density at radius 1 is 1.35 bits per heavy atom. The van der Waals surface area contributed by atoms with E-state index in [1.54, 1.807) is 0 Å². The van der Waals surface area contributed by atoms with Gasteiger partial charge >= 0.3 is 6.03 Å². The Kier molecular flexibility index (Phi) is 4.43. The second-order valence-electron chi connectivity index (χ2n) is 7.90. The fourth-order valence-corrected chi connectivity index (χ4v) is 5.11. The number of amides is 2. The van der Waals surface area contributed by atoms with Crippen molar-refractivity contribution in [1.82, 2.24) is 20.1 Å². The summed E-state index contributed by atoms with van der Waals surface area (Å²) < 4.78 is 0. The van der Waals surface area contributed by atoms with Crippen LogP contribution in [-0.2, 0) is 6.42 Å². The first kappa shape index (κ1) is 17.4. The molecule has 0 radical (unpaired) electrons. The number of benzene rings is 1. The van der Waals surface area contributed by atoms with Gasteiger partial charge < -0.3 is 20.1 Å². The largest absolute Gasteiger partial charge is 0.361 e. The van der Waals surface area contributed by atoms with E-state index in [0.29, 0.717) is 12.0 Å².